The van der Waals surface area contributed by atoms with Gasteiger partial charge in [-0.15, -0.1) is 0 Å². The molecule has 4 rings (SSSR count). The van der Waals surface area contributed by atoms with Crippen LogP contribution in [0.3, 0.4) is 0 Å². The fourth-order valence-electron chi connectivity index (χ4n) is 4.18. The number of rotatable bonds is 8. The molecular formula is C29H27BrN2O4. The number of nitrogens with zero attached hydrogens (tertiary/aromatic N) is 1. The lowest BCUT2D eigenvalue weighted by molar-refractivity contribution is -0.133. The lowest BCUT2D eigenvalue weighted by Gasteiger charge is -2.32. The van der Waals surface area contributed by atoms with Crippen molar-refractivity contribution in [3.05, 3.63) is 106 Å². The highest BCUT2D eigenvalue weighted by Crippen LogP contribution is 2.25. The Morgan fingerprint density at radius 1 is 0.944 bits per heavy atom. The van der Waals surface area contributed by atoms with Gasteiger partial charge in [-0.25, -0.2) is 0 Å². The van der Waals surface area contributed by atoms with E-state index in [-0.39, 0.29) is 30.1 Å². The molecule has 7 heteroatoms. The Morgan fingerprint density at radius 3 is 2.22 bits per heavy atom. The van der Waals surface area contributed by atoms with Crippen LogP contribution in [0, 0.1) is 5.92 Å². The van der Waals surface area contributed by atoms with Gasteiger partial charge >= 0.3 is 0 Å². The van der Waals surface area contributed by atoms with Gasteiger partial charge in [-0.3, -0.25) is 14.4 Å². The molecule has 0 saturated carbocycles. The van der Waals surface area contributed by atoms with E-state index in [0.29, 0.717) is 13.1 Å². The van der Waals surface area contributed by atoms with Crippen molar-refractivity contribution in [2.24, 2.45) is 5.92 Å². The molecule has 2 N–H and O–H groups in total. The number of ketones is 1. The zero-order valence-electron chi connectivity index (χ0n) is 19.9. The van der Waals surface area contributed by atoms with Gasteiger partial charge < -0.3 is 15.3 Å². The molecule has 0 aliphatic carbocycles. The van der Waals surface area contributed by atoms with E-state index < -0.39 is 17.7 Å². The molecule has 0 fully saturated rings. The van der Waals surface area contributed by atoms with E-state index in [2.05, 4.69) is 21.2 Å². The van der Waals surface area contributed by atoms with Crippen molar-refractivity contribution in [3.63, 3.8) is 0 Å². The van der Waals surface area contributed by atoms with Gasteiger partial charge in [0, 0.05) is 29.9 Å². The average molecular weight is 547 g/mol. The van der Waals surface area contributed by atoms with Crippen LogP contribution in [-0.2, 0) is 27.3 Å². The summed E-state index contributed by atoms with van der Waals surface area (Å²) in [6.45, 7) is 2.14. The van der Waals surface area contributed by atoms with Crippen molar-refractivity contribution in [1.82, 2.24) is 10.2 Å². The number of amides is 2. The van der Waals surface area contributed by atoms with Crippen molar-refractivity contribution in [3.8, 4) is 11.1 Å². The summed E-state index contributed by atoms with van der Waals surface area (Å²) in [5.74, 6) is -2.12. The summed E-state index contributed by atoms with van der Waals surface area (Å²) in [6.07, 6.45) is 0.161. The average Bonchev–Trinajstić information content (AvgIpc) is 2.88. The van der Waals surface area contributed by atoms with E-state index in [0.717, 1.165) is 26.7 Å². The van der Waals surface area contributed by atoms with Crippen molar-refractivity contribution in [1.29, 1.82) is 0 Å². The van der Waals surface area contributed by atoms with Crippen LogP contribution in [0.1, 0.15) is 18.1 Å². The van der Waals surface area contributed by atoms with E-state index in [1.807, 2.05) is 78.9 Å². The predicted molar refractivity (Wildman–Crippen MR) is 142 cm³/mol. The minimum atomic E-state index is -0.738. The van der Waals surface area contributed by atoms with Gasteiger partial charge in [0.15, 0.2) is 5.78 Å². The van der Waals surface area contributed by atoms with E-state index in [9.17, 15) is 19.5 Å². The molecule has 0 unspecified atom stereocenters. The molecule has 184 valence electrons. The van der Waals surface area contributed by atoms with E-state index in [4.69, 9.17) is 0 Å². The fraction of sp³-hybridized carbons (Fsp3) is 0.207. The number of carbonyl (C=O) groups is 3. The molecule has 0 bridgehead atoms. The molecule has 0 radical (unpaired) electrons. The molecule has 36 heavy (non-hydrogen) atoms. The lowest BCUT2D eigenvalue weighted by Crippen LogP contribution is -2.45. The second-order valence-corrected chi connectivity index (χ2v) is 9.85. The Kier molecular flexibility index (Phi) is 8.00. The zero-order valence-corrected chi connectivity index (χ0v) is 21.5. The van der Waals surface area contributed by atoms with Gasteiger partial charge in [-0.1, -0.05) is 89.6 Å². The van der Waals surface area contributed by atoms with Crippen LogP contribution < -0.4 is 5.32 Å². The monoisotopic (exact) mass is 546 g/mol. The molecule has 0 spiro atoms. The summed E-state index contributed by atoms with van der Waals surface area (Å²) in [7, 11) is 0. The Labute approximate surface area is 218 Å². The van der Waals surface area contributed by atoms with Gasteiger partial charge in [0.2, 0.25) is 0 Å². The lowest BCUT2D eigenvalue weighted by atomic mass is 9.96. The Bertz CT molecular complexity index is 1290. The van der Waals surface area contributed by atoms with Crippen molar-refractivity contribution < 1.29 is 19.5 Å². The summed E-state index contributed by atoms with van der Waals surface area (Å²) in [4.78, 5) is 39.9. The normalized spacial score (nSPS) is 15.7. The third-order valence-electron chi connectivity index (χ3n) is 6.14. The molecular weight excluding hydrogens is 520 g/mol. The van der Waals surface area contributed by atoms with Crippen LogP contribution in [0.25, 0.3) is 11.1 Å². The number of nitrogens with one attached hydrogen (secondary N) is 1. The van der Waals surface area contributed by atoms with E-state index >= 15 is 0 Å². The second kappa shape index (κ2) is 11.4. The maximum absolute atomic E-state index is 13.1. The number of hydrogen-bond acceptors (Lipinski definition) is 4. The third kappa shape index (κ3) is 6.10. The number of benzene rings is 3. The minimum absolute atomic E-state index is 0.161. The molecule has 0 saturated heterocycles. The molecule has 0 aromatic heterocycles. The summed E-state index contributed by atoms with van der Waals surface area (Å²) in [5, 5.41) is 13.0. The Hall–Kier alpha value is -3.71. The molecule has 1 atom stereocenters. The van der Waals surface area contributed by atoms with Crippen molar-refractivity contribution in [2.75, 3.05) is 13.1 Å². The number of aliphatic hydroxyl groups is 1. The van der Waals surface area contributed by atoms with E-state index in [1.165, 1.54) is 0 Å². The van der Waals surface area contributed by atoms with Crippen LogP contribution in [0.2, 0.25) is 0 Å². The first kappa shape index (κ1) is 25.4. The molecule has 6 nitrogen and oxygen atoms in total. The maximum Gasteiger partial charge on any atom is 0.263 e. The van der Waals surface area contributed by atoms with Crippen LogP contribution in [0.4, 0.5) is 0 Å². The van der Waals surface area contributed by atoms with Gasteiger partial charge in [0.1, 0.15) is 11.3 Å². The second-order valence-electron chi connectivity index (χ2n) is 8.93. The molecule has 1 aliphatic rings. The van der Waals surface area contributed by atoms with Crippen molar-refractivity contribution >= 4 is 33.5 Å². The number of carbonyl (C=O) groups excluding carboxylic acids is 3. The smallest absolute Gasteiger partial charge is 0.263 e. The quantitative estimate of drug-likeness (QED) is 0.396. The van der Waals surface area contributed by atoms with Gasteiger partial charge in [-0.2, -0.15) is 0 Å². The SMILES string of the molecule is C[C@@H]1CN(Cc2ccc(-c3ccccc3)cc2)C(=O)C(C(=O)NCC(=O)Cc2ccc(Br)cc2)=C1O. The number of halogens is 1. The maximum atomic E-state index is 13.1. The summed E-state index contributed by atoms with van der Waals surface area (Å²) < 4.78 is 0.913. The van der Waals surface area contributed by atoms with Crippen LogP contribution in [-0.4, -0.2) is 40.7 Å². The summed E-state index contributed by atoms with van der Waals surface area (Å²) >= 11 is 3.35. The van der Waals surface area contributed by atoms with Crippen molar-refractivity contribution in [2.45, 2.75) is 19.9 Å². The Morgan fingerprint density at radius 2 is 1.56 bits per heavy atom. The van der Waals surface area contributed by atoms with Crippen LogP contribution >= 0.6 is 15.9 Å². The van der Waals surface area contributed by atoms with Gasteiger partial charge in [0.05, 0.1) is 6.54 Å². The highest BCUT2D eigenvalue weighted by Gasteiger charge is 2.35. The predicted octanol–water partition coefficient (Wildman–Crippen LogP) is 4.83. The summed E-state index contributed by atoms with van der Waals surface area (Å²) in [6, 6.07) is 25.3. The highest BCUT2D eigenvalue weighted by atomic mass is 79.9. The van der Waals surface area contributed by atoms with E-state index in [1.54, 1.807) is 11.8 Å². The summed E-state index contributed by atoms with van der Waals surface area (Å²) in [5.41, 5.74) is 3.62. The largest absolute Gasteiger partial charge is 0.511 e. The standard InChI is InChI=1S/C29H27BrN2O4/c1-19-17-32(18-21-7-11-23(12-8-21)22-5-3-2-4-6-22)29(36)26(27(19)34)28(35)31-16-25(33)15-20-9-13-24(30)14-10-20/h2-14,19,34H,15-18H2,1H3,(H,31,35)/t19-/m1/s1. The highest BCUT2D eigenvalue weighted by molar-refractivity contribution is 9.10. The first-order valence-electron chi connectivity index (χ1n) is 11.7. The number of Topliss-reactive ketones (excluding diaryl/α,β-unsaturated/α-hetero) is 1. The molecule has 3 aromatic carbocycles. The first-order chi connectivity index (χ1) is 17.3. The fourth-order valence-corrected chi connectivity index (χ4v) is 4.44. The molecule has 2 amide bonds. The first-order valence-corrected chi connectivity index (χ1v) is 12.5. The third-order valence-corrected chi connectivity index (χ3v) is 6.67. The topological polar surface area (TPSA) is 86.7 Å². The molecule has 1 heterocycles. The minimum Gasteiger partial charge on any atom is -0.511 e. The van der Waals surface area contributed by atoms with Gasteiger partial charge in [0.25, 0.3) is 11.8 Å². The Balaban J connectivity index is 1.39. The molecule has 3 aromatic rings. The van der Waals surface area contributed by atoms with Crippen LogP contribution in [0.15, 0.2) is 94.7 Å². The van der Waals surface area contributed by atoms with Crippen LogP contribution in [0.5, 0.6) is 0 Å². The number of aliphatic hydroxyl groups excluding tert-OH is 1. The number of hydrogen-bond donors (Lipinski definition) is 2. The molecule has 1 aliphatic heterocycles. The zero-order chi connectivity index (χ0) is 25.7. The van der Waals surface area contributed by atoms with Gasteiger partial charge in [-0.05, 0) is 34.4 Å².